The number of rotatable bonds is 10. The summed E-state index contributed by atoms with van der Waals surface area (Å²) in [5.74, 6) is 0.726. The Labute approximate surface area is 188 Å². The lowest BCUT2D eigenvalue weighted by Gasteiger charge is -2.28. The Bertz CT molecular complexity index is 831. The quantitative estimate of drug-likeness (QED) is 0.580. The summed E-state index contributed by atoms with van der Waals surface area (Å²) in [6.07, 6.45) is 2.70. The zero-order valence-electron chi connectivity index (χ0n) is 19.8. The number of carbonyl (C=O) groups excluding carboxylic acids is 1. The molecule has 1 aromatic carbocycles. The van der Waals surface area contributed by atoms with Gasteiger partial charge in [0, 0.05) is 25.7 Å². The Morgan fingerprint density at radius 2 is 1.74 bits per heavy atom. The zero-order chi connectivity index (χ0) is 23.2. The van der Waals surface area contributed by atoms with Crippen LogP contribution in [0.3, 0.4) is 0 Å². The van der Waals surface area contributed by atoms with Gasteiger partial charge >= 0.3 is 0 Å². The fraction of sp³-hybridized carbons (Fsp3) is 0.696. The Balaban J connectivity index is 2.28. The standard InChI is InChI=1S/C23H39N3O4S/c1-17(2)15-25(18(3)4)16-23(27)24-21-14-20(10-11-22(21)30-19(5)6)31(28,29)26-12-8-7-9-13-26/h10-11,14,17-19H,7-9,12-13,15-16H2,1-6H3,(H,24,27). The van der Waals surface area contributed by atoms with Crippen LogP contribution >= 0.6 is 0 Å². The third-order valence-electron chi connectivity index (χ3n) is 5.22. The first-order chi connectivity index (χ1) is 14.5. The molecule has 176 valence electrons. The van der Waals surface area contributed by atoms with Crippen molar-refractivity contribution in [1.82, 2.24) is 9.21 Å². The molecule has 1 N–H and O–H groups in total. The summed E-state index contributed by atoms with van der Waals surface area (Å²) in [6, 6.07) is 4.96. The molecule has 1 heterocycles. The van der Waals surface area contributed by atoms with Gasteiger partial charge in [-0.25, -0.2) is 8.42 Å². The first kappa shape index (κ1) is 25.6. The monoisotopic (exact) mass is 453 g/mol. The molecule has 1 saturated heterocycles. The van der Waals surface area contributed by atoms with Gasteiger partial charge in [-0.3, -0.25) is 9.69 Å². The van der Waals surface area contributed by atoms with Gasteiger partial charge in [0.2, 0.25) is 15.9 Å². The number of hydrogen-bond acceptors (Lipinski definition) is 5. The van der Waals surface area contributed by atoms with Crippen LogP contribution < -0.4 is 10.1 Å². The third kappa shape index (κ3) is 7.47. The average Bonchev–Trinajstić information content (AvgIpc) is 2.68. The van der Waals surface area contributed by atoms with E-state index < -0.39 is 10.0 Å². The largest absolute Gasteiger partial charge is 0.489 e. The Hall–Kier alpha value is -1.64. The van der Waals surface area contributed by atoms with E-state index >= 15 is 0 Å². The van der Waals surface area contributed by atoms with Crippen molar-refractivity contribution in [3.8, 4) is 5.75 Å². The molecule has 2 rings (SSSR count). The summed E-state index contributed by atoms with van der Waals surface area (Å²) in [4.78, 5) is 15.1. The number of sulfonamides is 1. The number of hydrogen-bond donors (Lipinski definition) is 1. The van der Waals surface area contributed by atoms with Gasteiger partial charge in [0.05, 0.1) is 23.2 Å². The number of nitrogens with zero attached hydrogens (tertiary/aromatic N) is 2. The molecule has 8 heteroatoms. The summed E-state index contributed by atoms with van der Waals surface area (Å²) in [5.41, 5.74) is 0.394. The lowest BCUT2D eigenvalue weighted by atomic mass is 10.2. The Morgan fingerprint density at radius 1 is 1.10 bits per heavy atom. The van der Waals surface area contributed by atoms with E-state index in [1.165, 1.54) is 10.4 Å². The van der Waals surface area contributed by atoms with Crippen molar-refractivity contribution in [2.45, 2.75) is 77.8 Å². The maximum atomic E-state index is 13.1. The highest BCUT2D eigenvalue weighted by molar-refractivity contribution is 7.89. The molecule has 0 atom stereocenters. The Morgan fingerprint density at radius 3 is 2.29 bits per heavy atom. The third-order valence-corrected chi connectivity index (χ3v) is 7.11. The molecule has 1 aromatic rings. The van der Waals surface area contributed by atoms with Crippen molar-refractivity contribution >= 4 is 21.6 Å². The summed E-state index contributed by atoms with van der Waals surface area (Å²) < 4.78 is 33.6. The fourth-order valence-electron chi connectivity index (χ4n) is 3.68. The topological polar surface area (TPSA) is 79.0 Å². The van der Waals surface area contributed by atoms with Crippen LogP contribution in [0.15, 0.2) is 23.1 Å². The van der Waals surface area contributed by atoms with Crippen LogP contribution in [0.4, 0.5) is 5.69 Å². The first-order valence-corrected chi connectivity index (χ1v) is 12.8. The molecule has 1 fully saturated rings. The van der Waals surface area contributed by atoms with E-state index in [-0.39, 0.29) is 29.5 Å². The van der Waals surface area contributed by atoms with E-state index in [0.717, 1.165) is 25.8 Å². The molecule has 0 radical (unpaired) electrons. The SMILES string of the molecule is CC(C)CN(CC(=O)Nc1cc(S(=O)(=O)N2CCCCC2)ccc1OC(C)C)C(C)C. The number of benzene rings is 1. The molecule has 1 aliphatic heterocycles. The molecule has 1 amide bonds. The van der Waals surface area contributed by atoms with Crippen LogP contribution in [-0.2, 0) is 14.8 Å². The first-order valence-electron chi connectivity index (χ1n) is 11.4. The van der Waals surface area contributed by atoms with Crippen molar-refractivity contribution in [2.24, 2.45) is 5.92 Å². The molecule has 31 heavy (non-hydrogen) atoms. The number of piperidine rings is 1. The van der Waals surface area contributed by atoms with Crippen LogP contribution in [0, 0.1) is 5.92 Å². The summed E-state index contributed by atoms with van der Waals surface area (Å²) in [5, 5.41) is 2.90. The second kappa shape index (κ2) is 11.3. The molecule has 0 aliphatic carbocycles. The molecule has 0 unspecified atom stereocenters. The van der Waals surface area contributed by atoms with E-state index in [0.29, 0.717) is 30.4 Å². The van der Waals surface area contributed by atoms with Crippen molar-refractivity contribution in [2.75, 3.05) is 31.5 Å². The Kier molecular flexibility index (Phi) is 9.33. The van der Waals surface area contributed by atoms with Crippen LogP contribution in [0.2, 0.25) is 0 Å². The van der Waals surface area contributed by atoms with Gasteiger partial charge in [-0.1, -0.05) is 20.3 Å². The van der Waals surface area contributed by atoms with Gasteiger partial charge in [-0.05, 0) is 64.7 Å². The van der Waals surface area contributed by atoms with Crippen molar-refractivity contribution in [1.29, 1.82) is 0 Å². The molecule has 0 bridgehead atoms. The van der Waals surface area contributed by atoms with Crippen LogP contribution in [0.25, 0.3) is 0 Å². The predicted molar refractivity (Wildman–Crippen MR) is 125 cm³/mol. The van der Waals surface area contributed by atoms with Crippen LogP contribution in [0.5, 0.6) is 5.75 Å². The predicted octanol–water partition coefficient (Wildman–Crippen LogP) is 3.95. The molecule has 0 saturated carbocycles. The van der Waals surface area contributed by atoms with Gasteiger partial charge in [0.25, 0.3) is 0 Å². The van der Waals surface area contributed by atoms with E-state index in [9.17, 15) is 13.2 Å². The zero-order valence-corrected chi connectivity index (χ0v) is 20.7. The van der Waals surface area contributed by atoms with Crippen molar-refractivity contribution in [3.63, 3.8) is 0 Å². The number of anilines is 1. The van der Waals surface area contributed by atoms with Gasteiger partial charge in [-0.15, -0.1) is 0 Å². The van der Waals surface area contributed by atoms with Gasteiger partial charge in [-0.2, -0.15) is 4.31 Å². The lowest BCUT2D eigenvalue weighted by Crippen LogP contribution is -2.40. The van der Waals surface area contributed by atoms with E-state index in [2.05, 4.69) is 37.9 Å². The minimum atomic E-state index is -3.60. The normalized spacial score (nSPS) is 15.8. The molecule has 0 spiro atoms. The number of ether oxygens (including phenoxy) is 1. The maximum Gasteiger partial charge on any atom is 0.243 e. The highest BCUT2D eigenvalue weighted by Crippen LogP contribution is 2.31. The van der Waals surface area contributed by atoms with Gasteiger partial charge in [0.15, 0.2) is 0 Å². The smallest absolute Gasteiger partial charge is 0.243 e. The number of carbonyl (C=O) groups is 1. The van der Waals surface area contributed by atoms with Gasteiger partial charge in [0.1, 0.15) is 5.75 Å². The molecule has 0 aromatic heterocycles. The summed E-state index contributed by atoms with van der Waals surface area (Å²) in [6.45, 7) is 14.3. The van der Waals surface area contributed by atoms with E-state index in [1.807, 2.05) is 13.8 Å². The van der Waals surface area contributed by atoms with E-state index in [4.69, 9.17) is 4.74 Å². The summed E-state index contributed by atoms with van der Waals surface area (Å²) >= 11 is 0. The fourth-order valence-corrected chi connectivity index (χ4v) is 5.22. The molecule has 1 aliphatic rings. The van der Waals surface area contributed by atoms with Gasteiger partial charge < -0.3 is 10.1 Å². The minimum absolute atomic E-state index is 0.103. The van der Waals surface area contributed by atoms with Crippen molar-refractivity contribution in [3.05, 3.63) is 18.2 Å². The van der Waals surface area contributed by atoms with E-state index in [1.54, 1.807) is 12.1 Å². The second-order valence-electron chi connectivity index (χ2n) is 9.25. The second-order valence-corrected chi connectivity index (χ2v) is 11.2. The summed E-state index contributed by atoms with van der Waals surface area (Å²) in [7, 11) is -3.60. The highest BCUT2D eigenvalue weighted by Gasteiger charge is 2.27. The molecular formula is C23H39N3O4S. The average molecular weight is 454 g/mol. The number of nitrogens with one attached hydrogen (secondary N) is 1. The molecule has 7 nitrogen and oxygen atoms in total. The number of amides is 1. The lowest BCUT2D eigenvalue weighted by molar-refractivity contribution is -0.117. The van der Waals surface area contributed by atoms with Crippen molar-refractivity contribution < 1.29 is 17.9 Å². The van der Waals surface area contributed by atoms with Crippen LogP contribution in [0.1, 0.15) is 60.8 Å². The molecular weight excluding hydrogens is 414 g/mol. The minimum Gasteiger partial charge on any atom is -0.489 e. The maximum absolute atomic E-state index is 13.1. The van der Waals surface area contributed by atoms with Crippen LogP contribution in [-0.4, -0.2) is 61.9 Å². The highest BCUT2D eigenvalue weighted by atomic mass is 32.2.